The van der Waals surface area contributed by atoms with E-state index >= 15 is 0 Å². The molecule has 1 atom stereocenters. The molecule has 2 rings (SSSR count). The first-order chi connectivity index (χ1) is 10.4. The maximum absolute atomic E-state index is 12.0. The van der Waals surface area contributed by atoms with Crippen molar-refractivity contribution in [2.75, 3.05) is 24.2 Å². The van der Waals surface area contributed by atoms with Crippen molar-refractivity contribution in [2.24, 2.45) is 5.73 Å². The fourth-order valence-electron chi connectivity index (χ4n) is 1.77. The molecule has 1 aromatic rings. The Morgan fingerprint density at radius 3 is 2.78 bits per heavy atom. The molecule has 1 saturated heterocycles. The molecule has 5 N–H and O–H groups in total. The summed E-state index contributed by atoms with van der Waals surface area (Å²) >= 11 is 1.03. The van der Waals surface area contributed by atoms with E-state index in [1.54, 1.807) is 6.07 Å². The summed E-state index contributed by atoms with van der Waals surface area (Å²) in [7, 11) is -3.66. The third-order valence-electron chi connectivity index (χ3n) is 2.84. The number of hydrogen-bond acceptors (Lipinski definition) is 6. The number of nitrogens with two attached hydrogens (primary N) is 1. The molecule has 0 saturated carbocycles. The van der Waals surface area contributed by atoms with E-state index in [1.165, 1.54) is 18.2 Å². The van der Waals surface area contributed by atoms with Crippen LogP contribution in [0.4, 0.5) is 10.5 Å². The average molecular weight is 381 g/mol. The van der Waals surface area contributed by atoms with Gasteiger partial charge in [-0.3, -0.25) is 9.59 Å². The van der Waals surface area contributed by atoms with Gasteiger partial charge in [0.1, 0.15) is 6.04 Å². The van der Waals surface area contributed by atoms with Gasteiger partial charge in [0, 0.05) is 24.5 Å². The maximum atomic E-state index is 12.0. The number of thioether (sulfide) groups is 1. The molecule has 2 amide bonds. The summed E-state index contributed by atoms with van der Waals surface area (Å²) in [5.41, 5.74) is 5.61. The predicted octanol–water partition coefficient (Wildman–Crippen LogP) is 0.109. The highest BCUT2D eigenvalue weighted by Gasteiger charge is 2.28. The summed E-state index contributed by atoms with van der Waals surface area (Å²) in [6.07, 6.45) is 0. The Hall–Kier alpha value is -1.33. The first kappa shape index (κ1) is 19.7. The van der Waals surface area contributed by atoms with E-state index in [0.29, 0.717) is 11.4 Å². The minimum Gasteiger partial charge on any atom is -0.334 e. The molecular weight excluding hydrogens is 364 g/mol. The highest BCUT2D eigenvalue weighted by atomic mass is 35.5. The largest absolute Gasteiger partial charge is 0.334 e. The third kappa shape index (κ3) is 5.36. The van der Waals surface area contributed by atoms with Gasteiger partial charge in [0.2, 0.25) is 15.9 Å². The van der Waals surface area contributed by atoms with Crippen molar-refractivity contribution in [1.82, 2.24) is 10.0 Å². The van der Waals surface area contributed by atoms with Crippen LogP contribution in [0, 0.1) is 0 Å². The van der Waals surface area contributed by atoms with E-state index < -0.39 is 16.1 Å². The summed E-state index contributed by atoms with van der Waals surface area (Å²) in [4.78, 5) is 23.1. The minimum atomic E-state index is -3.66. The van der Waals surface area contributed by atoms with Crippen LogP contribution in [0.1, 0.15) is 0 Å². The quantitative estimate of drug-likeness (QED) is 0.554. The molecule has 11 heteroatoms. The Morgan fingerprint density at radius 2 is 2.17 bits per heavy atom. The lowest BCUT2D eigenvalue weighted by Crippen LogP contribution is -2.38. The summed E-state index contributed by atoms with van der Waals surface area (Å²) < 4.78 is 26.3. The molecule has 1 aliphatic heterocycles. The highest BCUT2D eigenvalue weighted by Crippen LogP contribution is 2.18. The number of halogens is 1. The van der Waals surface area contributed by atoms with Crippen molar-refractivity contribution in [1.29, 1.82) is 0 Å². The van der Waals surface area contributed by atoms with Gasteiger partial charge in [-0.25, -0.2) is 13.1 Å². The number of anilines is 1. The topological polar surface area (TPSA) is 130 Å². The van der Waals surface area contributed by atoms with Crippen LogP contribution in [0.3, 0.4) is 0 Å². The Labute approximate surface area is 144 Å². The van der Waals surface area contributed by atoms with E-state index in [9.17, 15) is 18.0 Å². The van der Waals surface area contributed by atoms with E-state index in [-0.39, 0.29) is 41.5 Å². The standard InChI is InChI=1S/C12H16N4O4S2.ClH/c13-4-5-14-22(19,20)9-3-1-2-8(6-9)15-11(17)10-7-21-12(18)16-10;/h1-3,6,10,14H,4-5,7,13H2,(H,15,17)(H,16,18);1H/t10-;/m0./s1. The Balaban J connectivity index is 0.00000264. The lowest BCUT2D eigenvalue weighted by atomic mass is 10.2. The van der Waals surface area contributed by atoms with E-state index in [0.717, 1.165) is 11.8 Å². The number of hydrogen-bond donors (Lipinski definition) is 4. The number of sulfonamides is 1. The molecule has 128 valence electrons. The van der Waals surface area contributed by atoms with Crippen molar-refractivity contribution in [3.63, 3.8) is 0 Å². The second-order valence-corrected chi connectivity index (χ2v) is 7.26. The Bertz CT molecular complexity index is 683. The monoisotopic (exact) mass is 380 g/mol. The van der Waals surface area contributed by atoms with Gasteiger partial charge >= 0.3 is 0 Å². The normalized spacial score (nSPS) is 17.3. The van der Waals surface area contributed by atoms with E-state index in [4.69, 9.17) is 5.73 Å². The summed E-state index contributed by atoms with van der Waals surface area (Å²) in [5, 5.41) is 4.86. The number of nitrogens with one attached hydrogen (secondary N) is 3. The molecule has 1 aromatic carbocycles. The zero-order valence-electron chi connectivity index (χ0n) is 11.9. The lowest BCUT2D eigenvalue weighted by molar-refractivity contribution is -0.117. The molecule has 23 heavy (non-hydrogen) atoms. The van der Waals surface area contributed by atoms with Crippen molar-refractivity contribution in [3.8, 4) is 0 Å². The summed E-state index contributed by atoms with van der Waals surface area (Å²) in [5.74, 6) is -0.0384. The zero-order valence-corrected chi connectivity index (χ0v) is 14.4. The van der Waals surface area contributed by atoms with Gasteiger partial charge < -0.3 is 16.4 Å². The van der Waals surface area contributed by atoms with Gasteiger partial charge in [-0.15, -0.1) is 12.4 Å². The van der Waals surface area contributed by atoms with Crippen LogP contribution >= 0.6 is 24.2 Å². The van der Waals surface area contributed by atoms with Gasteiger partial charge in [-0.1, -0.05) is 17.8 Å². The van der Waals surface area contributed by atoms with E-state index in [1.807, 2.05) is 0 Å². The first-order valence-corrected chi connectivity index (χ1v) is 8.93. The fraction of sp³-hybridized carbons (Fsp3) is 0.333. The van der Waals surface area contributed by atoms with Crippen LogP contribution in [-0.2, 0) is 14.8 Å². The molecule has 1 heterocycles. The predicted molar refractivity (Wildman–Crippen MR) is 91.3 cm³/mol. The Morgan fingerprint density at radius 1 is 1.43 bits per heavy atom. The number of benzene rings is 1. The number of carbonyl (C=O) groups is 2. The second-order valence-electron chi connectivity index (χ2n) is 4.50. The number of amides is 2. The minimum absolute atomic E-state index is 0. The highest BCUT2D eigenvalue weighted by molar-refractivity contribution is 8.14. The smallest absolute Gasteiger partial charge is 0.279 e. The summed E-state index contributed by atoms with van der Waals surface area (Å²) in [6.45, 7) is 0.318. The summed E-state index contributed by atoms with van der Waals surface area (Å²) in [6, 6.07) is 5.24. The molecule has 8 nitrogen and oxygen atoms in total. The van der Waals surface area contributed by atoms with Crippen molar-refractivity contribution in [3.05, 3.63) is 24.3 Å². The first-order valence-electron chi connectivity index (χ1n) is 6.46. The molecule has 0 spiro atoms. The molecule has 0 unspecified atom stereocenters. The van der Waals surface area contributed by atoms with Gasteiger partial charge in [0.25, 0.3) is 5.24 Å². The molecule has 0 aliphatic carbocycles. The SMILES string of the molecule is Cl.NCCNS(=O)(=O)c1cccc(NC(=O)[C@@H]2CSC(=O)N2)c1. The van der Waals surface area contributed by atoms with Gasteiger partial charge in [0.15, 0.2) is 0 Å². The molecular formula is C12H17ClN4O4S2. The van der Waals surface area contributed by atoms with Crippen molar-refractivity contribution < 1.29 is 18.0 Å². The third-order valence-corrected chi connectivity index (χ3v) is 5.18. The molecule has 0 aromatic heterocycles. The number of carbonyl (C=O) groups excluding carboxylic acids is 2. The molecule has 0 radical (unpaired) electrons. The lowest BCUT2D eigenvalue weighted by Gasteiger charge is -2.11. The van der Waals surface area contributed by atoms with Crippen LogP contribution < -0.4 is 21.1 Å². The van der Waals surface area contributed by atoms with Crippen molar-refractivity contribution >= 4 is 51.0 Å². The van der Waals surface area contributed by atoms with Gasteiger partial charge in [-0.2, -0.15) is 0 Å². The van der Waals surface area contributed by atoms with Crippen LogP contribution in [-0.4, -0.2) is 44.4 Å². The van der Waals surface area contributed by atoms with Gasteiger partial charge in [0.05, 0.1) is 4.90 Å². The van der Waals surface area contributed by atoms with Crippen LogP contribution in [0.2, 0.25) is 0 Å². The second kappa shape index (κ2) is 8.50. The molecule has 0 bridgehead atoms. The maximum Gasteiger partial charge on any atom is 0.279 e. The van der Waals surface area contributed by atoms with Crippen LogP contribution in [0.15, 0.2) is 29.2 Å². The Kier molecular flexibility index (Phi) is 7.29. The fourth-order valence-corrected chi connectivity index (χ4v) is 3.64. The molecule has 1 aliphatic rings. The zero-order chi connectivity index (χ0) is 16.2. The molecule has 1 fully saturated rings. The van der Waals surface area contributed by atoms with Crippen molar-refractivity contribution in [2.45, 2.75) is 10.9 Å². The van der Waals surface area contributed by atoms with Crippen LogP contribution in [0.5, 0.6) is 0 Å². The number of rotatable bonds is 6. The van der Waals surface area contributed by atoms with Gasteiger partial charge in [-0.05, 0) is 18.2 Å². The van der Waals surface area contributed by atoms with E-state index in [2.05, 4.69) is 15.4 Å². The van der Waals surface area contributed by atoms with Crippen LogP contribution in [0.25, 0.3) is 0 Å². The average Bonchev–Trinajstić information content (AvgIpc) is 2.92.